The summed E-state index contributed by atoms with van der Waals surface area (Å²) >= 11 is 0. The summed E-state index contributed by atoms with van der Waals surface area (Å²) in [5.74, 6) is 0.779. The molecule has 2 heteroatoms. The number of para-hydroxylation sites is 1. The normalized spacial score (nSPS) is 10.8. The highest BCUT2D eigenvalue weighted by Crippen LogP contribution is 2.18. The van der Waals surface area contributed by atoms with E-state index in [0.717, 1.165) is 29.0 Å². The number of hydrogen-bond donors (Lipinski definition) is 0. The molecule has 0 aliphatic heterocycles. The Balaban J connectivity index is 2.74. The second-order valence-electron chi connectivity index (χ2n) is 2.73. The average molecular weight is 160 g/mol. The van der Waals surface area contributed by atoms with E-state index in [1.54, 1.807) is 0 Å². The predicted molar refractivity (Wildman–Crippen MR) is 47.8 cm³/mol. The Morgan fingerprint density at radius 3 is 3.00 bits per heavy atom. The van der Waals surface area contributed by atoms with Crippen LogP contribution in [0.4, 0.5) is 0 Å². The molecule has 2 nitrogen and oxygen atoms in total. The van der Waals surface area contributed by atoms with Gasteiger partial charge in [-0.05, 0) is 18.6 Å². The Hall–Kier alpha value is -1.31. The number of aromatic nitrogens is 1. The zero-order chi connectivity index (χ0) is 8.55. The van der Waals surface area contributed by atoms with Crippen LogP contribution in [0, 0.1) is 6.92 Å². The molecule has 2 rings (SSSR count). The fraction of sp³-hybridized carbons (Fsp3) is 0.200. The first-order chi connectivity index (χ1) is 5.81. The minimum atomic E-state index is 0.779. The van der Waals surface area contributed by atoms with Crippen molar-refractivity contribution in [1.82, 2.24) is 4.98 Å². The molecule has 1 aromatic heterocycles. The second-order valence-corrected chi connectivity index (χ2v) is 2.73. The maximum absolute atomic E-state index is 5.45. The molecular formula is C10H10NO. The van der Waals surface area contributed by atoms with Crippen molar-refractivity contribution in [2.45, 2.75) is 13.3 Å². The topological polar surface area (TPSA) is 26.0 Å². The van der Waals surface area contributed by atoms with Crippen LogP contribution in [-0.2, 0) is 6.42 Å². The standard InChI is InChI=1S/C10H10NO/c1-3-9-11-10-7(2)5-4-6-8(10)12-9/h4-6H,2-3H2,1H3. The fourth-order valence-corrected chi connectivity index (χ4v) is 1.20. The van der Waals surface area contributed by atoms with Gasteiger partial charge in [-0.1, -0.05) is 19.1 Å². The monoisotopic (exact) mass is 160 g/mol. The summed E-state index contributed by atoms with van der Waals surface area (Å²) in [5, 5.41) is 0. The van der Waals surface area contributed by atoms with Crippen LogP contribution in [-0.4, -0.2) is 4.98 Å². The molecule has 0 amide bonds. The van der Waals surface area contributed by atoms with Gasteiger partial charge in [-0.25, -0.2) is 4.98 Å². The van der Waals surface area contributed by atoms with Crippen molar-refractivity contribution in [3.8, 4) is 0 Å². The number of hydrogen-bond acceptors (Lipinski definition) is 2. The Bertz CT molecular complexity index is 403. The quantitative estimate of drug-likeness (QED) is 0.640. The van der Waals surface area contributed by atoms with Crippen LogP contribution in [0.25, 0.3) is 11.1 Å². The van der Waals surface area contributed by atoms with Crippen molar-refractivity contribution in [3.63, 3.8) is 0 Å². The maximum Gasteiger partial charge on any atom is 0.195 e. The molecule has 0 saturated carbocycles. The van der Waals surface area contributed by atoms with Crippen molar-refractivity contribution < 1.29 is 4.42 Å². The molecule has 0 N–H and O–H groups in total. The van der Waals surface area contributed by atoms with Gasteiger partial charge in [-0.3, -0.25) is 0 Å². The molecule has 2 aromatic rings. The highest BCUT2D eigenvalue weighted by Gasteiger charge is 2.04. The van der Waals surface area contributed by atoms with Crippen LogP contribution in [0.3, 0.4) is 0 Å². The van der Waals surface area contributed by atoms with Crippen molar-refractivity contribution in [3.05, 3.63) is 36.6 Å². The second kappa shape index (κ2) is 2.63. The zero-order valence-corrected chi connectivity index (χ0v) is 7.00. The van der Waals surface area contributed by atoms with Crippen LogP contribution in [0.15, 0.2) is 22.6 Å². The zero-order valence-electron chi connectivity index (χ0n) is 7.00. The van der Waals surface area contributed by atoms with Gasteiger partial charge >= 0.3 is 0 Å². The van der Waals surface area contributed by atoms with Gasteiger partial charge in [0.15, 0.2) is 11.5 Å². The lowest BCUT2D eigenvalue weighted by atomic mass is 10.2. The Morgan fingerprint density at radius 1 is 1.50 bits per heavy atom. The lowest BCUT2D eigenvalue weighted by Crippen LogP contribution is -1.77. The molecule has 0 fully saturated rings. The predicted octanol–water partition coefficient (Wildman–Crippen LogP) is 2.57. The van der Waals surface area contributed by atoms with E-state index in [9.17, 15) is 0 Å². The Labute approximate surface area is 71.2 Å². The summed E-state index contributed by atoms with van der Waals surface area (Å²) in [6.45, 7) is 5.90. The van der Waals surface area contributed by atoms with Crippen LogP contribution in [0.1, 0.15) is 18.4 Å². The van der Waals surface area contributed by atoms with E-state index in [2.05, 4.69) is 11.9 Å². The van der Waals surface area contributed by atoms with Crippen molar-refractivity contribution in [2.75, 3.05) is 0 Å². The third kappa shape index (κ3) is 0.998. The molecule has 0 unspecified atom stereocenters. The molecule has 1 aromatic carbocycles. The molecular weight excluding hydrogens is 150 g/mol. The molecule has 0 saturated heterocycles. The van der Waals surface area contributed by atoms with E-state index >= 15 is 0 Å². The molecule has 0 spiro atoms. The van der Waals surface area contributed by atoms with E-state index in [1.165, 1.54) is 0 Å². The summed E-state index contributed by atoms with van der Waals surface area (Å²) in [5.41, 5.74) is 2.64. The molecule has 1 radical (unpaired) electrons. The first kappa shape index (κ1) is 7.35. The van der Waals surface area contributed by atoms with Gasteiger partial charge in [0.25, 0.3) is 0 Å². The Morgan fingerprint density at radius 2 is 2.33 bits per heavy atom. The molecule has 0 atom stereocenters. The van der Waals surface area contributed by atoms with Crippen molar-refractivity contribution in [2.24, 2.45) is 0 Å². The van der Waals surface area contributed by atoms with E-state index in [1.807, 2.05) is 25.1 Å². The highest BCUT2D eigenvalue weighted by atomic mass is 16.3. The third-order valence-corrected chi connectivity index (χ3v) is 1.85. The minimum absolute atomic E-state index is 0.779. The lowest BCUT2D eigenvalue weighted by Gasteiger charge is -1.88. The SMILES string of the molecule is [CH2]c1cccc2oc(CC)nc12. The van der Waals surface area contributed by atoms with E-state index in [4.69, 9.17) is 4.42 Å². The average Bonchev–Trinajstić information content (AvgIpc) is 2.49. The summed E-state index contributed by atoms with van der Waals surface area (Å²) in [7, 11) is 0. The largest absolute Gasteiger partial charge is 0.441 e. The summed E-state index contributed by atoms with van der Waals surface area (Å²) in [6.07, 6.45) is 0.828. The summed E-state index contributed by atoms with van der Waals surface area (Å²) < 4.78 is 5.45. The molecule has 0 bridgehead atoms. The van der Waals surface area contributed by atoms with Gasteiger partial charge in [0.05, 0.1) is 0 Å². The number of benzene rings is 1. The minimum Gasteiger partial charge on any atom is -0.441 e. The van der Waals surface area contributed by atoms with Crippen LogP contribution < -0.4 is 0 Å². The van der Waals surface area contributed by atoms with E-state index in [0.29, 0.717) is 0 Å². The van der Waals surface area contributed by atoms with E-state index < -0.39 is 0 Å². The van der Waals surface area contributed by atoms with Gasteiger partial charge < -0.3 is 4.42 Å². The lowest BCUT2D eigenvalue weighted by molar-refractivity contribution is 0.538. The highest BCUT2D eigenvalue weighted by molar-refractivity contribution is 5.77. The third-order valence-electron chi connectivity index (χ3n) is 1.85. The van der Waals surface area contributed by atoms with Crippen LogP contribution in [0.2, 0.25) is 0 Å². The number of nitrogens with zero attached hydrogens (tertiary/aromatic N) is 1. The van der Waals surface area contributed by atoms with Gasteiger partial charge in [0.1, 0.15) is 5.52 Å². The maximum atomic E-state index is 5.45. The van der Waals surface area contributed by atoms with Gasteiger partial charge in [-0.15, -0.1) is 0 Å². The summed E-state index contributed by atoms with van der Waals surface area (Å²) in [6, 6.07) is 5.77. The summed E-state index contributed by atoms with van der Waals surface area (Å²) in [4.78, 5) is 4.30. The van der Waals surface area contributed by atoms with Crippen LogP contribution in [0.5, 0.6) is 0 Å². The molecule has 1 heterocycles. The molecule has 0 aliphatic carbocycles. The van der Waals surface area contributed by atoms with Gasteiger partial charge in [-0.2, -0.15) is 0 Å². The first-order valence-electron chi connectivity index (χ1n) is 4.01. The molecule has 12 heavy (non-hydrogen) atoms. The van der Waals surface area contributed by atoms with Crippen molar-refractivity contribution >= 4 is 11.1 Å². The number of oxazole rings is 1. The number of fused-ring (bicyclic) bond motifs is 1. The fourth-order valence-electron chi connectivity index (χ4n) is 1.20. The first-order valence-corrected chi connectivity index (χ1v) is 4.01. The van der Waals surface area contributed by atoms with Gasteiger partial charge in [0, 0.05) is 6.42 Å². The molecule has 61 valence electrons. The van der Waals surface area contributed by atoms with E-state index in [-0.39, 0.29) is 0 Å². The smallest absolute Gasteiger partial charge is 0.195 e. The Kier molecular flexibility index (Phi) is 1.61. The van der Waals surface area contributed by atoms with Crippen molar-refractivity contribution in [1.29, 1.82) is 0 Å². The van der Waals surface area contributed by atoms with Gasteiger partial charge in [0.2, 0.25) is 0 Å². The molecule has 0 aliphatic rings. The number of aryl methyl sites for hydroxylation is 1. The van der Waals surface area contributed by atoms with Crippen LogP contribution >= 0.6 is 0 Å². The number of rotatable bonds is 1.